The first-order chi connectivity index (χ1) is 14.3. The van der Waals surface area contributed by atoms with Gasteiger partial charge in [0, 0.05) is 36.6 Å². The Kier molecular flexibility index (Phi) is 6.41. The number of benzene rings is 1. The maximum atomic E-state index is 13.9. The van der Waals surface area contributed by atoms with Gasteiger partial charge in [0.25, 0.3) is 11.8 Å². The number of halogens is 1. The lowest BCUT2D eigenvalue weighted by atomic mass is 10.0. The van der Waals surface area contributed by atoms with Crippen molar-refractivity contribution in [1.82, 2.24) is 15.2 Å². The van der Waals surface area contributed by atoms with Crippen LogP contribution >= 0.6 is 0 Å². The molecule has 160 valence electrons. The molecule has 0 spiro atoms. The van der Waals surface area contributed by atoms with E-state index in [1.807, 2.05) is 27.8 Å². The topological polar surface area (TPSA) is 68.4 Å². The minimum atomic E-state index is -0.387. The zero-order valence-corrected chi connectivity index (χ0v) is 18.2. The Labute approximate surface area is 176 Å². The number of likely N-dealkylation sites (N-methyl/N-ethyl adjacent to an activating group) is 2. The minimum absolute atomic E-state index is 0.144. The van der Waals surface area contributed by atoms with E-state index in [0.29, 0.717) is 41.2 Å². The molecule has 2 N–H and O–H groups in total. The van der Waals surface area contributed by atoms with Crippen LogP contribution in [0.3, 0.4) is 0 Å². The molecule has 2 aromatic rings. The summed E-state index contributed by atoms with van der Waals surface area (Å²) < 4.78 is 13.9. The lowest BCUT2D eigenvalue weighted by molar-refractivity contribution is -0.112. The zero-order valence-electron chi connectivity index (χ0n) is 18.2. The van der Waals surface area contributed by atoms with E-state index in [9.17, 15) is 14.0 Å². The molecular formula is C23H29FN4O2. The van der Waals surface area contributed by atoms with Crippen molar-refractivity contribution < 1.29 is 14.0 Å². The number of nitrogens with zero attached hydrogens (tertiary/aromatic N) is 2. The number of rotatable bonds is 7. The summed E-state index contributed by atoms with van der Waals surface area (Å²) in [5, 5.41) is 2.95. The number of aromatic amines is 1. The molecule has 2 amide bonds. The predicted molar refractivity (Wildman–Crippen MR) is 118 cm³/mol. The van der Waals surface area contributed by atoms with Gasteiger partial charge in [-0.1, -0.05) is 6.92 Å². The summed E-state index contributed by atoms with van der Waals surface area (Å²) in [6.07, 6.45) is 1.72. The van der Waals surface area contributed by atoms with Crippen molar-refractivity contribution in [2.45, 2.75) is 27.7 Å². The van der Waals surface area contributed by atoms with Crippen LogP contribution in [-0.2, 0) is 4.79 Å². The highest BCUT2D eigenvalue weighted by atomic mass is 19.1. The van der Waals surface area contributed by atoms with Gasteiger partial charge in [-0.3, -0.25) is 9.59 Å². The lowest BCUT2D eigenvalue weighted by Crippen LogP contribution is -2.33. The molecule has 1 aliphatic rings. The van der Waals surface area contributed by atoms with E-state index in [1.54, 1.807) is 17.0 Å². The Morgan fingerprint density at radius 2 is 2.03 bits per heavy atom. The zero-order chi connectivity index (χ0) is 22.0. The van der Waals surface area contributed by atoms with Gasteiger partial charge in [-0.2, -0.15) is 0 Å². The Morgan fingerprint density at radius 3 is 2.70 bits per heavy atom. The van der Waals surface area contributed by atoms with E-state index in [-0.39, 0.29) is 17.6 Å². The molecule has 1 aromatic carbocycles. The van der Waals surface area contributed by atoms with E-state index >= 15 is 0 Å². The van der Waals surface area contributed by atoms with Crippen LogP contribution < -0.4 is 10.2 Å². The monoisotopic (exact) mass is 412 g/mol. The number of hydrogen-bond donors (Lipinski definition) is 2. The summed E-state index contributed by atoms with van der Waals surface area (Å²) >= 11 is 0. The highest BCUT2D eigenvalue weighted by Gasteiger charge is 2.32. The van der Waals surface area contributed by atoms with E-state index in [2.05, 4.69) is 22.1 Å². The molecule has 0 fully saturated rings. The summed E-state index contributed by atoms with van der Waals surface area (Å²) in [4.78, 5) is 32.6. The molecule has 0 radical (unpaired) electrons. The molecule has 0 saturated carbocycles. The van der Waals surface area contributed by atoms with Gasteiger partial charge < -0.3 is 20.1 Å². The number of carbonyl (C=O) groups is 2. The largest absolute Gasteiger partial charge is 0.358 e. The van der Waals surface area contributed by atoms with Gasteiger partial charge in [0.05, 0.1) is 16.8 Å². The van der Waals surface area contributed by atoms with Crippen LogP contribution in [-0.4, -0.2) is 54.9 Å². The molecule has 0 saturated heterocycles. The third kappa shape index (κ3) is 4.03. The number of aromatic nitrogens is 1. The average molecular weight is 413 g/mol. The van der Waals surface area contributed by atoms with Crippen molar-refractivity contribution in [3.63, 3.8) is 0 Å². The van der Waals surface area contributed by atoms with E-state index in [4.69, 9.17) is 0 Å². The third-order valence-corrected chi connectivity index (χ3v) is 5.64. The molecule has 30 heavy (non-hydrogen) atoms. The lowest BCUT2D eigenvalue weighted by Gasteiger charge is -2.14. The normalized spacial score (nSPS) is 14.7. The fraction of sp³-hybridized carbons (Fsp3) is 0.391. The molecule has 1 aromatic heterocycles. The number of nitrogens with one attached hydrogen (secondary N) is 2. The van der Waals surface area contributed by atoms with Crippen molar-refractivity contribution in [3.05, 3.63) is 52.1 Å². The molecule has 0 aliphatic carbocycles. The standard InChI is InChI=1S/C23H29FN4O2/c1-6-27(5)11-10-25-22(29)21-14(3)19(26-15(21)4)13-18-17-12-16(24)8-9-20(17)28(7-2)23(18)30/h8-9,12-13,26H,6-7,10-11H2,1-5H3,(H,25,29)/b18-13-. The van der Waals surface area contributed by atoms with Gasteiger partial charge in [0.1, 0.15) is 5.82 Å². The predicted octanol–water partition coefficient (Wildman–Crippen LogP) is 3.36. The average Bonchev–Trinajstić information content (AvgIpc) is 3.14. The summed E-state index contributed by atoms with van der Waals surface area (Å²) in [5.41, 5.74) is 4.46. The first kappa shape index (κ1) is 21.8. The number of fused-ring (bicyclic) bond motifs is 1. The minimum Gasteiger partial charge on any atom is -0.358 e. The molecule has 0 bridgehead atoms. The van der Waals surface area contributed by atoms with Crippen molar-refractivity contribution in [3.8, 4) is 0 Å². The molecule has 2 heterocycles. The van der Waals surface area contributed by atoms with Gasteiger partial charge in [-0.15, -0.1) is 0 Å². The SMILES string of the molecule is CCN(C)CCNC(=O)c1c(C)[nH]c(/C=C2\C(=O)N(CC)c3ccc(F)cc32)c1C. The summed E-state index contributed by atoms with van der Waals surface area (Å²) in [5.74, 6) is -0.699. The number of aryl methyl sites for hydroxylation is 1. The Balaban J connectivity index is 1.92. The molecule has 3 rings (SSSR count). The van der Waals surface area contributed by atoms with Crippen LogP contribution in [0.1, 0.15) is 46.7 Å². The van der Waals surface area contributed by atoms with Crippen molar-refractivity contribution in [2.75, 3.05) is 38.1 Å². The molecule has 0 unspecified atom stereocenters. The van der Waals surface area contributed by atoms with Crippen molar-refractivity contribution in [1.29, 1.82) is 0 Å². The molecule has 6 nitrogen and oxygen atoms in total. The maximum absolute atomic E-state index is 13.9. The number of hydrogen-bond acceptors (Lipinski definition) is 3. The highest BCUT2D eigenvalue weighted by Crippen LogP contribution is 2.38. The van der Waals surface area contributed by atoms with Crippen LogP contribution in [0, 0.1) is 19.7 Å². The fourth-order valence-electron chi connectivity index (χ4n) is 3.79. The second-order valence-corrected chi connectivity index (χ2v) is 7.58. The first-order valence-corrected chi connectivity index (χ1v) is 10.3. The van der Waals surface area contributed by atoms with Gasteiger partial charge >= 0.3 is 0 Å². The third-order valence-electron chi connectivity index (χ3n) is 5.64. The van der Waals surface area contributed by atoms with Crippen molar-refractivity contribution >= 4 is 29.2 Å². The van der Waals surface area contributed by atoms with Crippen LogP contribution in [0.15, 0.2) is 18.2 Å². The molecule has 0 atom stereocenters. The fourth-order valence-corrected chi connectivity index (χ4v) is 3.79. The van der Waals surface area contributed by atoms with Gasteiger partial charge in [0.2, 0.25) is 0 Å². The Bertz CT molecular complexity index is 1010. The molecular weight excluding hydrogens is 383 g/mol. The number of anilines is 1. The first-order valence-electron chi connectivity index (χ1n) is 10.3. The van der Waals surface area contributed by atoms with Crippen LogP contribution in [0.25, 0.3) is 11.6 Å². The number of carbonyl (C=O) groups excluding carboxylic acids is 2. The van der Waals surface area contributed by atoms with E-state index in [0.717, 1.165) is 24.3 Å². The van der Waals surface area contributed by atoms with Crippen LogP contribution in [0.5, 0.6) is 0 Å². The van der Waals surface area contributed by atoms with Crippen LogP contribution in [0.2, 0.25) is 0 Å². The smallest absolute Gasteiger partial charge is 0.259 e. The highest BCUT2D eigenvalue weighted by molar-refractivity contribution is 6.35. The number of H-pyrrole nitrogens is 1. The quantitative estimate of drug-likeness (QED) is 0.686. The van der Waals surface area contributed by atoms with E-state index in [1.165, 1.54) is 12.1 Å². The molecule has 1 aliphatic heterocycles. The van der Waals surface area contributed by atoms with Gasteiger partial charge in [-0.25, -0.2) is 4.39 Å². The Morgan fingerprint density at radius 1 is 1.30 bits per heavy atom. The van der Waals surface area contributed by atoms with Crippen molar-refractivity contribution in [2.24, 2.45) is 0 Å². The van der Waals surface area contributed by atoms with E-state index < -0.39 is 0 Å². The summed E-state index contributed by atoms with van der Waals surface area (Å²) in [6.45, 7) is 10.4. The number of amides is 2. The summed E-state index contributed by atoms with van der Waals surface area (Å²) in [6, 6.07) is 4.38. The molecule has 7 heteroatoms. The Hall–Kier alpha value is -2.93. The maximum Gasteiger partial charge on any atom is 0.259 e. The summed E-state index contributed by atoms with van der Waals surface area (Å²) in [7, 11) is 2.00. The second-order valence-electron chi connectivity index (χ2n) is 7.58. The second kappa shape index (κ2) is 8.83. The van der Waals surface area contributed by atoms with Gasteiger partial charge in [0.15, 0.2) is 0 Å². The van der Waals surface area contributed by atoms with Crippen LogP contribution in [0.4, 0.5) is 10.1 Å². The van der Waals surface area contributed by atoms with Gasteiger partial charge in [-0.05, 0) is 64.2 Å².